The molecule has 8 heteroatoms. The molecule has 1 saturated heterocycles. The number of benzene rings is 2. The van der Waals surface area contributed by atoms with E-state index >= 15 is 0 Å². The van der Waals surface area contributed by atoms with Gasteiger partial charge in [-0.3, -0.25) is 14.9 Å². The van der Waals surface area contributed by atoms with E-state index in [2.05, 4.69) is 5.32 Å². The van der Waals surface area contributed by atoms with Crippen molar-refractivity contribution in [1.29, 1.82) is 0 Å². The van der Waals surface area contributed by atoms with Gasteiger partial charge >= 0.3 is 6.03 Å². The third-order valence-corrected chi connectivity index (χ3v) is 5.50. The zero-order valence-corrected chi connectivity index (χ0v) is 17.3. The van der Waals surface area contributed by atoms with Gasteiger partial charge in [-0.05, 0) is 61.5 Å². The number of nitrogens with zero attached hydrogens (tertiary/aromatic N) is 1. The fraction of sp³-hybridized carbons (Fsp3) is 0.0455. The lowest BCUT2D eigenvalue weighted by Crippen LogP contribution is -2.54. The summed E-state index contributed by atoms with van der Waals surface area (Å²) in [6.07, 6.45) is 1.33. The quantitative estimate of drug-likeness (QED) is 0.455. The molecule has 1 N–H and O–H groups in total. The number of nitrogens with one attached hydrogen (secondary N) is 1. The van der Waals surface area contributed by atoms with Crippen LogP contribution in [0.25, 0.3) is 6.08 Å². The van der Waals surface area contributed by atoms with Crippen molar-refractivity contribution in [2.24, 2.45) is 0 Å². The average molecular weight is 439 g/mol. The van der Waals surface area contributed by atoms with E-state index < -0.39 is 17.8 Å². The lowest BCUT2D eigenvalue weighted by atomic mass is 10.1. The molecule has 2 aromatic carbocycles. The third kappa shape index (κ3) is 4.17. The standard InChI is InChI=1S/C22H15ClN2O4S/c1-13-2-6-15(7-3-13)25-21(27)18(20(26)24-22(25)28)12-16-8-11-19(29-16)30-17-9-4-14(23)5-10-17/h2-12H,1H3,(H,24,26,28). The molecule has 0 bridgehead atoms. The van der Waals surface area contributed by atoms with Crippen molar-refractivity contribution in [1.82, 2.24) is 5.32 Å². The molecule has 1 aliphatic rings. The highest BCUT2D eigenvalue weighted by Crippen LogP contribution is 2.31. The molecule has 1 fully saturated rings. The van der Waals surface area contributed by atoms with E-state index in [0.717, 1.165) is 15.4 Å². The molecule has 0 unspecified atom stereocenters. The first kappa shape index (κ1) is 20.0. The fourth-order valence-electron chi connectivity index (χ4n) is 2.81. The SMILES string of the molecule is Cc1ccc(N2C(=O)NC(=O)C(=Cc3ccc(Sc4ccc(Cl)cc4)o3)C2=O)cc1. The molecule has 4 rings (SSSR count). The monoisotopic (exact) mass is 438 g/mol. The number of carbonyl (C=O) groups is 3. The summed E-state index contributed by atoms with van der Waals surface area (Å²) in [6.45, 7) is 1.90. The van der Waals surface area contributed by atoms with Crippen molar-refractivity contribution in [3.8, 4) is 0 Å². The highest BCUT2D eigenvalue weighted by Gasteiger charge is 2.37. The minimum Gasteiger partial charge on any atom is -0.450 e. The van der Waals surface area contributed by atoms with Crippen LogP contribution in [0.4, 0.5) is 10.5 Å². The Morgan fingerprint density at radius 1 is 0.967 bits per heavy atom. The topological polar surface area (TPSA) is 79.6 Å². The maximum Gasteiger partial charge on any atom is 0.335 e. The molecule has 4 amide bonds. The number of halogens is 1. The van der Waals surface area contributed by atoms with Gasteiger partial charge < -0.3 is 4.42 Å². The molecular formula is C22H15ClN2O4S. The van der Waals surface area contributed by atoms with Crippen LogP contribution in [0.5, 0.6) is 0 Å². The van der Waals surface area contributed by atoms with Crippen LogP contribution in [0.15, 0.2) is 80.6 Å². The second-order valence-electron chi connectivity index (χ2n) is 6.51. The number of carbonyl (C=O) groups excluding carboxylic acids is 3. The van der Waals surface area contributed by atoms with Gasteiger partial charge in [0.05, 0.1) is 5.69 Å². The summed E-state index contributed by atoms with van der Waals surface area (Å²) in [5, 5.41) is 3.42. The number of aryl methyl sites for hydroxylation is 1. The number of urea groups is 1. The summed E-state index contributed by atoms with van der Waals surface area (Å²) in [6, 6.07) is 16.7. The maximum absolute atomic E-state index is 12.9. The molecule has 0 radical (unpaired) electrons. The second kappa shape index (κ2) is 8.22. The molecule has 0 aliphatic carbocycles. The van der Waals surface area contributed by atoms with Crippen LogP contribution in [-0.4, -0.2) is 17.8 Å². The number of hydrogen-bond acceptors (Lipinski definition) is 5. The van der Waals surface area contributed by atoms with Crippen LogP contribution < -0.4 is 10.2 Å². The van der Waals surface area contributed by atoms with Crippen molar-refractivity contribution < 1.29 is 18.8 Å². The lowest BCUT2D eigenvalue weighted by Gasteiger charge is -2.26. The third-order valence-electron chi connectivity index (χ3n) is 4.31. The Hall–Kier alpha value is -3.29. The van der Waals surface area contributed by atoms with Gasteiger partial charge in [-0.2, -0.15) is 0 Å². The van der Waals surface area contributed by atoms with Crippen molar-refractivity contribution in [2.45, 2.75) is 16.9 Å². The molecule has 1 aliphatic heterocycles. The highest BCUT2D eigenvalue weighted by molar-refractivity contribution is 7.99. The Labute approximate surface area is 181 Å². The maximum atomic E-state index is 12.9. The smallest absolute Gasteiger partial charge is 0.335 e. The van der Waals surface area contributed by atoms with Crippen LogP contribution in [0, 0.1) is 6.92 Å². The van der Waals surface area contributed by atoms with Crippen molar-refractivity contribution in [3.05, 3.63) is 82.6 Å². The van der Waals surface area contributed by atoms with Gasteiger partial charge in [-0.15, -0.1) is 0 Å². The summed E-state index contributed by atoms with van der Waals surface area (Å²) < 4.78 is 5.72. The summed E-state index contributed by atoms with van der Waals surface area (Å²) in [4.78, 5) is 39.3. The molecular weight excluding hydrogens is 424 g/mol. The van der Waals surface area contributed by atoms with Gasteiger partial charge in [0.2, 0.25) is 0 Å². The number of barbiturate groups is 1. The number of hydrogen-bond donors (Lipinski definition) is 1. The molecule has 2 heterocycles. The minimum absolute atomic E-state index is 0.187. The van der Waals surface area contributed by atoms with Crippen LogP contribution >= 0.6 is 23.4 Å². The van der Waals surface area contributed by atoms with Gasteiger partial charge in [-0.1, -0.05) is 41.1 Å². The van der Waals surface area contributed by atoms with Crippen LogP contribution in [0.1, 0.15) is 11.3 Å². The zero-order valence-electron chi connectivity index (χ0n) is 15.7. The summed E-state index contributed by atoms with van der Waals surface area (Å²) in [5.41, 5.74) is 1.17. The predicted molar refractivity (Wildman–Crippen MR) is 114 cm³/mol. The van der Waals surface area contributed by atoms with Gasteiger partial charge in [0.25, 0.3) is 11.8 Å². The summed E-state index contributed by atoms with van der Waals surface area (Å²) >= 11 is 7.27. The van der Waals surface area contributed by atoms with E-state index in [9.17, 15) is 14.4 Å². The number of anilines is 1. The van der Waals surface area contributed by atoms with Gasteiger partial charge in [0.1, 0.15) is 11.3 Å². The Bertz CT molecular complexity index is 1170. The van der Waals surface area contributed by atoms with E-state index in [-0.39, 0.29) is 5.57 Å². The Morgan fingerprint density at radius 2 is 1.67 bits per heavy atom. The first-order chi connectivity index (χ1) is 14.4. The number of furan rings is 1. The van der Waals surface area contributed by atoms with E-state index in [1.54, 1.807) is 48.5 Å². The van der Waals surface area contributed by atoms with Crippen molar-refractivity contribution >= 4 is 53.0 Å². The Kier molecular flexibility index (Phi) is 5.48. The van der Waals surface area contributed by atoms with E-state index in [0.29, 0.717) is 21.6 Å². The molecule has 3 aromatic rings. The van der Waals surface area contributed by atoms with Crippen molar-refractivity contribution in [2.75, 3.05) is 4.90 Å². The normalized spacial score (nSPS) is 15.6. The first-order valence-corrected chi connectivity index (χ1v) is 10.1. The number of amides is 4. The van der Waals surface area contributed by atoms with E-state index in [1.165, 1.54) is 17.8 Å². The highest BCUT2D eigenvalue weighted by atomic mass is 35.5. The van der Waals surface area contributed by atoms with Crippen LogP contribution in [0.3, 0.4) is 0 Å². The van der Waals surface area contributed by atoms with Gasteiger partial charge in [0.15, 0.2) is 5.09 Å². The van der Waals surface area contributed by atoms with Gasteiger partial charge in [0, 0.05) is 9.92 Å². The van der Waals surface area contributed by atoms with Gasteiger partial charge in [-0.25, -0.2) is 9.69 Å². The molecule has 0 spiro atoms. The van der Waals surface area contributed by atoms with Crippen LogP contribution in [0.2, 0.25) is 5.02 Å². The zero-order chi connectivity index (χ0) is 21.3. The largest absolute Gasteiger partial charge is 0.450 e. The molecule has 0 saturated carbocycles. The predicted octanol–water partition coefficient (Wildman–Crippen LogP) is 5.06. The van der Waals surface area contributed by atoms with Crippen LogP contribution in [-0.2, 0) is 9.59 Å². The lowest BCUT2D eigenvalue weighted by molar-refractivity contribution is -0.122. The average Bonchev–Trinajstić information content (AvgIpc) is 3.15. The first-order valence-electron chi connectivity index (χ1n) is 8.92. The Morgan fingerprint density at radius 3 is 2.37 bits per heavy atom. The Balaban J connectivity index is 1.59. The summed E-state index contributed by atoms with van der Waals surface area (Å²) in [7, 11) is 0. The second-order valence-corrected chi connectivity index (χ2v) is 8.02. The summed E-state index contributed by atoms with van der Waals surface area (Å²) in [5.74, 6) is -1.16. The molecule has 150 valence electrons. The minimum atomic E-state index is -0.788. The van der Waals surface area contributed by atoms with Crippen molar-refractivity contribution in [3.63, 3.8) is 0 Å². The van der Waals surface area contributed by atoms with E-state index in [1.807, 2.05) is 19.1 Å². The number of rotatable bonds is 4. The molecule has 30 heavy (non-hydrogen) atoms. The fourth-order valence-corrected chi connectivity index (χ4v) is 3.72. The molecule has 1 aromatic heterocycles. The number of imide groups is 2. The van der Waals surface area contributed by atoms with E-state index in [4.69, 9.17) is 16.0 Å². The molecule has 6 nitrogen and oxygen atoms in total. The molecule has 0 atom stereocenters.